The number of hydrogen-bond donors (Lipinski definition) is 2. The highest BCUT2D eigenvalue weighted by molar-refractivity contribution is 5.31. The van der Waals surface area contributed by atoms with Crippen molar-refractivity contribution in [1.29, 1.82) is 0 Å². The number of rotatable bonds is 9. The second-order valence-electron chi connectivity index (χ2n) is 7.79. The first-order valence-corrected chi connectivity index (χ1v) is 10.3. The normalized spacial score (nSPS) is 17.1. The molecule has 0 bridgehead atoms. The molecule has 4 nitrogen and oxygen atoms in total. The summed E-state index contributed by atoms with van der Waals surface area (Å²) in [4.78, 5) is 0. The number of aliphatic hydroxyl groups is 1. The lowest BCUT2D eigenvalue weighted by Crippen LogP contribution is -2.43. The van der Waals surface area contributed by atoms with Gasteiger partial charge in [0, 0.05) is 12.5 Å². The third-order valence-electron chi connectivity index (χ3n) is 5.98. The Balaban J connectivity index is 1.62. The Labute approximate surface area is 168 Å². The molecule has 0 aromatic heterocycles. The Hall–Kier alpha value is -2.04. The molecule has 0 heterocycles. The van der Waals surface area contributed by atoms with Crippen LogP contribution in [0.25, 0.3) is 0 Å². The monoisotopic (exact) mass is 383 g/mol. The summed E-state index contributed by atoms with van der Waals surface area (Å²) in [5.74, 6) is 1.83. The van der Waals surface area contributed by atoms with Crippen molar-refractivity contribution < 1.29 is 14.6 Å². The Morgan fingerprint density at radius 3 is 2.04 bits per heavy atom. The second kappa shape index (κ2) is 9.94. The summed E-state index contributed by atoms with van der Waals surface area (Å²) < 4.78 is 10.5. The molecule has 1 saturated carbocycles. The van der Waals surface area contributed by atoms with Crippen molar-refractivity contribution in [3.8, 4) is 11.5 Å². The fraction of sp³-hybridized carbons (Fsp3) is 0.500. The summed E-state index contributed by atoms with van der Waals surface area (Å²) in [6.07, 6.45) is 6.15. The fourth-order valence-electron chi connectivity index (χ4n) is 4.24. The van der Waals surface area contributed by atoms with Gasteiger partial charge in [-0.2, -0.15) is 0 Å². The smallest absolute Gasteiger partial charge is 0.118 e. The maximum atomic E-state index is 11.4. The molecule has 0 amide bonds. The van der Waals surface area contributed by atoms with E-state index >= 15 is 0 Å². The molecule has 0 aliphatic heterocycles. The predicted molar refractivity (Wildman–Crippen MR) is 113 cm³/mol. The molecular weight excluding hydrogens is 350 g/mol. The van der Waals surface area contributed by atoms with E-state index in [1.54, 1.807) is 14.2 Å². The molecule has 28 heavy (non-hydrogen) atoms. The highest BCUT2D eigenvalue weighted by atomic mass is 16.5. The minimum atomic E-state index is -0.625. The zero-order chi connectivity index (χ0) is 19.8. The largest absolute Gasteiger partial charge is 0.497 e. The van der Waals surface area contributed by atoms with Crippen LogP contribution in [0.5, 0.6) is 11.5 Å². The minimum absolute atomic E-state index is 0.0922. The molecule has 152 valence electrons. The predicted octanol–water partition coefficient (Wildman–Crippen LogP) is 4.31. The molecule has 0 radical (unpaired) electrons. The van der Waals surface area contributed by atoms with Crippen LogP contribution in [0.15, 0.2) is 48.5 Å². The number of ether oxygens (including phenoxy) is 2. The summed E-state index contributed by atoms with van der Waals surface area (Å²) in [7, 11) is 3.37. The van der Waals surface area contributed by atoms with Gasteiger partial charge in [-0.1, -0.05) is 43.5 Å². The van der Waals surface area contributed by atoms with Crippen molar-refractivity contribution in [3.05, 3.63) is 59.7 Å². The Kier molecular flexibility index (Phi) is 7.35. The summed E-state index contributed by atoms with van der Waals surface area (Å²) in [5, 5.41) is 15.0. The van der Waals surface area contributed by atoms with Gasteiger partial charge in [-0.3, -0.25) is 0 Å². The summed E-state index contributed by atoms with van der Waals surface area (Å²) >= 11 is 0. The molecule has 1 fully saturated rings. The summed E-state index contributed by atoms with van der Waals surface area (Å²) in [6.45, 7) is 1.66. The third-order valence-corrected chi connectivity index (χ3v) is 5.98. The lowest BCUT2D eigenvalue weighted by atomic mass is 9.72. The van der Waals surface area contributed by atoms with E-state index < -0.39 is 5.60 Å². The number of nitrogens with one attached hydrogen (secondary N) is 1. The zero-order valence-electron chi connectivity index (χ0n) is 17.1. The third kappa shape index (κ3) is 5.27. The summed E-state index contributed by atoms with van der Waals surface area (Å²) in [5.41, 5.74) is 1.84. The second-order valence-corrected chi connectivity index (χ2v) is 7.79. The number of hydrogen-bond acceptors (Lipinski definition) is 4. The molecule has 2 aromatic rings. The van der Waals surface area contributed by atoms with Gasteiger partial charge < -0.3 is 19.9 Å². The SMILES string of the molecule is COc1ccc(CCNCC(c2ccc(OC)cc2)C2(O)CCCCC2)cc1. The van der Waals surface area contributed by atoms with Crippen LogP contribution in [0.2, 0.25) is 0 Å². The Bertz CT molecular complexity index is 706. The Morgan fingerprint density at radius 2 is 1.46 bits per heavy atom. The van der Waals surface area contributed by atoms with Crippen molar-refractivity contribution in [3.63, 3.8) is 0 Å². The lowest BCUT2D eigenvalue weighted by Gasteiger charge is -2.40. The van der Waals surface area contributed by atoms with Gasteiger partial charge in [-0.15, -0.1) is 0 Å². The van der Waals surface area contributed by atoms with Gasteiger partial charge in [0.2, 0.25) is 0 Å². The van der Waals surface area contributed by atoms with E-state index in [0.717, 1.165) is 56.7 Å². The molecule has 1 unspecified atom stereocenters. The molecule has 0 saturated heterocycles. The first kappa shape index (κ1) is 20.7. The van der Waals surface area contributed by atoms with Gasteiger partial charge in [0.15, 0.2) is 0 Å². The topological polar surface area (TPSA) is 50.7 Å². The van der Waals surface area contributed by atoms with Gasteiger partial charge in [0.1, 0.15) is 11.5 Å². The Morgan fingerprint density at radius 1 is 0.893 bits per heavy atom. The maximum Gasteiger partial charge on any atom is 0.118 e. The standard InChI is InChI=1S/C24H33NO3/c1-27-21-10-6-19(7-11-21)14-17-25-18-23(24(26)15-4-3-5-16-24)20-8-12-22(28-2)13-9-20/h6-13,23,25-26H,3-5,14-18H2,1-2H3. The first-order valence-electron chi connectivity index (χ1n) is 10.3. The molecule has 1 aliphatic carbocycles. The van der Waals surface area contributed by atoms with Crippen LogP contribution in [0, 0.1) is 0 Å². The molecule has 3 rings (SSSR count). The average molecular weight is 384 g/mol. The van der Waals surface area contributed by atoms with E-state index in [9.17, 15) is 5.11 Å². The van der Waals surface area contributed by atoms with Gasteiger partial charge >= 0.3 is 0 Å². The van der Waals surface area contributed by atoms with Crippen LogP contribution in [-0.2, 0) is 6.42 Å². The highest BCUT2D eigenvalue weighted by Crippen LogP contribution is 2.40. The average Bonchev–Trinajstić information content (AvgIpc) is 2.74. The van der Waals surface area contributed by atoms with Crippen molar-refractivity contribution in [2.45, 2.75) is 50.0 Å². The number of benzene rings is 2. The zero-order valence-corrected chi connectivity index (χ0v) is 17.1. The molecule has 2 aromatic carbocycles. The molecule has 0 spiro atoms. The van der Waals surface area contributed by atoms with Crippen LogP contribution in [0.4, 0.5) is 0 Å². The lowest BCUT2D eigenvalue weighted by molar-refractivity contribution is -0.0214. The maximum absolute atomic E-state index is 11.4. The quantitative estimate of drug-likeness (QED) is 0.634. The van der Waals surface area contributed by atoms with Gasteiger partial charge in [-0.25, -0.2) is 0 Å². The van der Waals surface area contributed by atoms with E-state index in [-0.39, 0.29) is 5.92 Å². The van der Waals surface area contributed by atoms with E-state index in [1.807, 2.05) is 24.3 Å². The van der Waals surface area contributed by atoms with Crippen LogP contribution in [-0.4, -0.2) is 38.0 Å². The van der Waals surface area contributed by atoms with E-state index in [2.05, 4.69) is 29.6 Å². The highest BCUT2D eigenvalue weighted by Gasteiger charge is 2.38. The van der Waals surface area contributed by atoms with Crippen molar-refractivity contribution >= 4 is 0 Å². The van der Waals surface area contributed by atoms with E-state index in [1.165, 1.54) is 17.5 Å². The van der Waals surface area contributed by atoms with E-state index in [0.29, 0.717) is 0 Å². The molecule has 4 heteroatoms. The van der Waals surface area contributed by atoms with Crippen molar-refractivity contribution in [2.24, 2.45) is 0 Å². The van der Waals surface area contributed by atoms with Crippen molar-refractivity contribution in [2.75, 3.05) is 27.3 Å². The van der Waals surface area contributed by atoms with Crippen molar-refractivity contribution in [1.82, 2.24) is 5.32 Å². The van der Waals surface area contributed by atoms with Gasteiger partial charge in [0.05, 0.1) is 19.8 Å². The number of methoxy groups -OCH3 is 2. The van der Waals surface area contributed by atoms with Crippen LogP contribution >= 0.6 is 0 Å². The van der Waals surface area contributed by atoms with Crippen LogP contribution in [0.3, 0.4) is 0 Å². The molecular formula is C24H33NO3. The van der Waals surface area contributed by atoms with Crippen LogP contribution in [0.1, 0.15) is 49.1 Å². The van der Waals surface area contributed by atoms with E-state index in [4.69, 9.17) is 9.47 Å². The fourth-order valence-corrected chi connectivity index (χ4v) is 4.24. The molecule has 1 atom stereocenters. The van der Waals surface area contributed by atoms with Gasteiger partial charge in [0.25, 0.3) is 0 Å². The minimum Gasteiger partial charge on any atom is -0.497 e. The summed E-state index contributed by atoms with van der Waals surface area (Å²) in [6, 6.07) is 16.4. The first-order chi connectivity index (χ1) is 13.6. The van der Waals surface area contributed by atoms with Gasteiger partial charge in [-0.05, 0) is 61.2 Å². The molecule has 1 aliphatic rings. The van der Waals surface area contributed by atoms with Crippen LogP contribution < -0.4 is 14.8 Å². The molecule has 2 N–H and O–H groups in total.